The van der Waals surface area contributed by atoms with Crippen molar-refractivity contribution in [3.63, 3.8) is 0 Å². The molecule has 5 aromatic rings. The Balaban J connectivity index is 0.000000274. The van der Waals surface area contributed by atoms with Crippen LogP contribution in [0.5, 0.6) is 0 Å². The molecule has 0 radical (unpaired) electrons. The van der Waals surface area contributed by atoms with Crippen LogP contribution >= 0.6 is 0 Å². The number of carbonyl (C=O) groups excluding carboxylic acids is 2. The number of benzene rings is 1. The third kappa shape index (κ3) is 7.00. The van der Waals surface area contributed by atoms with E-state index in [1.54, 1.807) is 0 Å². The average molecular weight is 655 g/mol. The molecule has 0 saturated carbocycles. The molecule has 1 amide bonds. The highest BCUT2D eigenvalue weighted by molar-refractivity contribution is 5.96. The number of hydrogen-bond donors (Lipinski definition) is 3. The van der Waals surface area contributed by atoms with E-state index < -0.39 is 76.6 Å². The Morgan fingerprint density at radius 2 is 1.33 bits per heavy atom. The molecule has 0 aliphatic rings. The van der Waals surface area contributed by atoms with Crippen molar-refractivity contribution in [2.45, 2.75) is 20.1 Å². The van der Waals surface area contributed by atoms with Crippen LogP contribution in [-0.4, -0.2) is 70.3 Å². The number of rotatable bonds is 6. The normalized spacial score (nSPS) is 10.9. The summed E-state index contributed by atoms with van der Waals surface area (Å²) in [6.07, 6.45) is -3.38. The molecule has 4 aromatic heterocycles. The summed E-state index contributed by atoms with van der Waals surface area (Å²) in [6.45, 7) is -0.431. The van der Waals surface area contributed by atoms with E-state index in [2.05, 4.69) is 30.2 Å². The lowest BCUT2D eigenvalue weighted by Crippen LogP contribution is -2.25. The van der Waals surface area contributed by atoms with Crippen molar-refractivity contribution < 1.29 is 60.5 Å². The minimum absolute atomic E-state index is 0. The summed E-state index contributed by atoms with van der Waals surface area (Å²) in [5.41, 5.74) is -4.10. The molecule has 0 fully saturated rings. The fraction of sp³-hybridized carbons (Fsp3) is 0.154. The molecular formula is C26H19F6N7O7. The Bertz CT molecular complexity index is 1990. The monoisotopic (exact) mass is 655 g/mol. The molecule has 14 nitrogen and oxygen atoms in total. The second-order valence-corrected chi connectivity index (χ2v) is 8.61. The van der Waals surface area contributed by atoms with Crippen LogP contribution in [0.2, 0.25) is 0 Å². The number of carboxylic acids is 2. The topological polar surface area (TPSA) is 190 Å². The fourth-order valence-corrected chi connectivity index (χ4v) is 3.67. The Labute approximate surface area is 251 Å². The van der Waals surface area contributed by atoms with Crippen LogP contribution in [0.4, 0.5) is 26.3 Å². The number of carboxylic acid groups (broad SMARTS) is 2. The van der Waals surface area contributed by atoms with Gasteiger partial charge in [0.05, 0.1) is 25.1 Å². The molecule has 20 heteroatoms. The highest BCUT2D eigenvalue weighted by Gasteiger charge is 2.34. The molecule has 46 heavy (non-hydrogen) atoms. The van der Waals surface area contributed by atoms with Crippen molar-refractivity contribution in [1.82, 2.24) is 34.5 Å². The van der Waals surface area contributed by atoms with Crippen molar-refractivity contribution in [3.05, 3.63) is 94.1 Å². The number of alkyl halides is 3. The molecule has 1 aromatic carbocycles. The zero-order valence-electron chi connectivity index (χ0n) is 22.1. The number of nitrogens with zero attached hydrogens (tertiary/aromatic N) is 6. The van der Waals surface area contributed by atoms with Crippen LogP contribution in [0.15, 0.2) is 42.7 Å². The smallest absolute Gasteiger partial charge is 0.419 e. The Kier molecular flexibility index (Phi) is 9.93. The number of nitrogens with one attached hydrogen (secondary N) is 1. The van der Waals surface area contributed by atoms with E-state index in [0.29, 0.717) is 22.8 Å². The lowest BCUT2D eigenvalue weighted by Gasteiger charge is -2.11. The zero-order valence-corrected chi connectivity index (χ0v) is 22.1. The highest BCUT2D eigenvalue weighted by Crippen LogP contribution is 2.31. The van der Waals surface area contributed by atoms with Crippen LogP contribution in [0.1, 0.15) is 60.5 Å². The minimum Gasteiger partial charge on any atom is -0.477 e. The number of ether oxygens (including phenoxy) is 1. The van der Waals surface area contributed by atoms with Gasteiger partial charge in [-0.2, -0.15) is 23.4 Å². The van der Waals surface area contributed by atoms with Crippen LogP contribution < -0.4 is 5.32 Å². The van der Waals surface area contributed by atoms with Crippen LogP contribution in [0, 0.1) is 17.5 Å². The van der Waals surface area contributed by atoms with E-state index in [1.807, 2.05) is 0 Å². The van der Waals surface area contributed by atoms with Gasteiger partial charge < -0.3 is 20.3 Å². The molecule has 242 valence electrons. The molecule has 4 heterocycles. The first-order chi connectivity index (χ1) is 21.1. The predicted octanol–water partition coefficient (Wildman–Crippen LogP) is 3.64. The number of halogens is 6. The Hall–Kier alpha value is -6.08. The zero-order chi connectivity index (χ0) is 33.2. The Morgan fingerprint density at radius 1 is 0.826 bits per heavy atom. The number of methoxy groups -OCH3 is 1. The van der Waals surface area contributed by atoms with Gasteiger partial charge in [0, 0.05) is 18.7 Å². The first-order valence-electron chi connectivity index (χ1n) is 11.9. The standard InChI is InChI=1S/C16H9F5N4O3.C9H6FN3O4.CH4/c17-9-2-1-7(3-8(9)16(19,20)21)5-22-14(26)11-4-12(15(27)28)25-13(24-11)10(18)6-23-25;1-17-9(16)5-2-6(8(14)15)13-7(12-5)4(10)3-11-13;/h1-4,6H,5H2,(H,22,26)(H,27,28);2-3H,1H3,(H,14,15);1H4. The van der Waals surface area contributed by atoms with E-state index >= 15 is 0 Å². The SMILES string of the molecule is C.COC(=O)c1cc(C(=O)O)n2ncc(F)c2n1.O=C(NCc1ccc(F)c(C(F)(F)F)c1)c1cc(C(=O)O)n2ncc(F)c2n1. The molecule has 5 rings (SSSR count). The average Bonchev–Trinajstić information content (AvgIpc) is 3.56. The van der Waals surface area contributed by atoms with Gasteiger partial charge in [-0.15, -0.1) is 0 Å². The highest BCUT2D eigenvalue weighted by atomic mass is 19.4. The maximum atomic E-state index is 13.7. The van der Waals surface area contributed by atoms with E-state index in [-0.39, 0.29) is 30.0 Å². The lowest BCUT2D eigenvalue weighted by atomic mass is 10.1. The number of carbonyl (C=O) groups is 4. The van der Waals surface area contributed by atoms with Crippen LogP contribution in [0.3, 0.4) is 0 Å². The van der Waals surface area contributed by atoms with Gasteiger partial charge in [0.25, 0.3) is 5.91 Å². The number of fused-ring (bicyclic) bond motifs is 2. The summed E-state index contributed by atoms with van der Waals surface area (Å²) < 4.78 is 84.3. The number of amides is 1. The molecule has 0 spiro atoms. The van der Waals surface area contributed by atoms with Gasteiger partial charge in [-0.1, -0.05) is 13.5 Å². The van der Waals surface area contributed by atoms with Gasteiger partial charge in [-0.25, -0.2) is 46.6 Å². The predicted molar refractivity (Wildman–Crippen MR) is 140 cm³/mol. The summed E-state index contributed by atoms with van der Waals surface area (Å²) >= 11 is 0. The third-order valence-electron chi connectivity index (χ3n) is 5.71. The molecule has 0 aliphatic carbocycles. The summed E-state index contributed by atoms with van der Waals surface area (Å²) in [5, 5.41) is 27.3. The van der Waals surface area contributed by atoms with E-state index in [0.717, 1.165) is 36.0 Å². The summed E-state index contributed by atoms with van der Waals surface area (Å²) in [6, 6.07) is 3.99. The van der Waals surface area contributed by atoms with Crippen molar-refractivity contribution in [2.24, 2.45) is 0 Å². The van der Waals surface area contributed by atoms with Crippen LogP contribution in [-0.2, 0) is 17.5 Å². The maximum Gasteiger partial charge on any atom is 0.419 e. The van der Waals surface area contributed by atoms with E-state index in [9.17, 15) is 45.5 Å². The molecule has 0 atom stereocenters. The van der Waals surface area contributed by atoms with Crippen molar-refractivity contribution in [2.75, 3.05) is 7.11 Å². The molecular weight excluding hydrogens is 636 g/mol. The molecule has 0 saturated heterocycles. The van der Waals surface area contributed by atoms with E-state index in [4.69, 9.17) is 10.2 Å². The second kappa shape index (κ2) is 13.3. The number of aromatic carboxylic acids is 2. The van der Waals surface area contributed by atoms with Gasteiger partial charge in [-0.05, 0) is 17.7 Å². The third-order valence-corrected chi connectivity index (χ3v) is 5.71. The van der Waals surface area contributed by atoms with E-state index in [1.165, 1.54) is 0 Å². The van der Waals surface area contributed by atoms with Crippen molar-refractivity contribution >= 4 is 35.1 Å². The van der Waals surface area contributed by atoms with Gasteiger partial charge in [0.2, 0.25) is 0 Å². The Morgan fingerprint density at radius 3 is 1.80 bits per heavy atom. The number of hydrogen-bond acceptors (Lipinski definition) is 9. The quantitative estimate of drug-likeness (QED) is 0.179. The first-order valence-corrected chi connectivity index (χ1v) is 11.9. The summed E-state index contributed by atoms with van der Waals surface area (Å²) in [5.74, 6) is -7.93. The maximum absolute atomic E-state index is 13.7. The van der Waals surface area contributed by atoms with Gasteiger partial charge in [0.15, 0.2) is 40.0 Å². The number of esters is 1. The summed E-state index contributed by atoms with van der Waals surface area (Å²) in [4.78, 5) is 52.9. The summed E-state index contributed by atoms with van der Waals surface area (Å²) in [7, 11) is 1.11. The first kappa shape index (κ1) is 34.4. The molecule has 0 bridgehead atoms. The largest absolute Gasteiger partial charge is 0.477 e. The molecule has 0 aliphatic heterocycles. The molecule has 0 unspecified atom stereocenters. The van der Waals surface area contributed by atoms with Gasteiger partial charge >= 0.3 is 24.1 Å². The van der Waals surface area contributed by atoms with Crippen molar-refractivity contribution in [3.8, 4) is 0 Å². The van der Waals surface area contributed by atoms with Crippen molar-refractivity contribution in [1.29, 1.82) is 0 Å². The lowest BCUT2D eigenvalue weighted by molar-refractivity contribution is -0.140. The second-order valence-electron chi connectivity index (χ2n) is 8.61. The van der Waals surface area contributed by atoms with Gasteiger partial charge in [0.1, 0.15) is 11.5 Å². The van der Waals surface area contributed by atoms with Gasteiger partial charge in [-0.3, -0.25) is 4.79 Å². The minimum atomic E-state index is -4.91. The number of aromatic nitrogens is 6. The van der Waals surface area contributed by atoms with Crippen LogP contribution in [0.25, 0.3) is 11.3 Å². The molecule has 3 N–H and O–H groups in total. The fourth-order valence-electron chi connectivity index (χ4n) is 3.67.